The maximum absolute atomic E-state index is 13.3. The lowest BCUT2D eigenvalue weighted by Gasteiger charge is -2.48. The van der Waals surface area contributed by atoms with Crippen LogP contribution in [0.15, 0.2) is 0 Å². The predicted octanol–water partition coefficient (Wildman–Crippen LogP) is 2.54. The summed E-state index contributed by atoms with van der Waals surface area (Å²) < 4.78 is 0. The highest BCUT2D eigenvalue weighted by Gasteiger charge is 2.44. The number of hydrogen-bond donors (Lipinski definition) is 1. The highest BCUT2D eigenvalue weighted by atomic mass is 16.2. The van der Waals surface area contributed by atoms with Gasteiger partial charge in [0.05, 0.1) is 0 Å². The van der Waals surface area contributed by atoms with Crippen LogP contribution in [0.5, 0.6) is 0 Å². The summed E-state index contributed by atoms with van der Waals surface area (Å²) in [6.07, 6.45) is 10.6. The third-order valence-electron chi connectivity index (χ3n) is 7.13. The lowest BCUT2D eigenvalue weighted by Crippen LogP contribution is -2.55. The fourth-order valence-corrected chi connectivity index (χ4v) is 5.40. The second-order valence-electron chi connectivity index (χ2n) is 9.28. The number of H-pyrrole nitrogens is 1. The molecule has 2 amide bonds. The molecule has 0 unspecified atom stereocenters. The Hall–Kier alpha value is -1.85. The van der Waals surface area contributed by atoms with E-state index in [2.05, 4.69) is 15.1 Å². The Labute approximate surface area is 160 Å². The topological polar surface area (TPSA) is 69.3 Å². The zero-order valence-electron chi connectivity index (χ0n) is 16.1. The van der Waals surface area contributed by atoms with Crippen molar-refractivity contribution in [1.29, 1.82) is 0 Å². The Morgan fingerprint density at radius 3 is 2.81 bits per heavy atom. The summed E-state index contributed by atoms with van der Waals surface area (Å²) in [5.74, 6) is 1.14. The number of hydrogen-bond acceptors (Lipinski definition) is 3. The van der Waals surface area contributed by atoms with Gasteiger partial charge in [0.15, 0.2) is 5.69 Å². The SMILES string of the molecule is O=C1CC[C@@]2(CCCN(C(=O)c3n[nH]c4c3CCCC4)C2)CN1CC1CC1. The van der Waals surface area contributed by atoms with E-state index in [0.29, 0.717) is 18.0 Å². The molecule has 5 rings (SSSR count). The summed E-state index contributed by atoms with van der Waals surface area (Å²) in [6.45, 7) is 3.37. The normalized spacial score (nSPS) is 28.5. The van der Waals surface area contributed by atoms with E-state index in [1.54, 1.807) is 0 Å². The van der Waals surface area contributed by atoms with E-state index in [1.807, 2.05) is 4.90 Å². The molecule has 0 radical (unpaired) electrons. The Morgan fingerprint density at radius 1 is 1.11 bits per heavy atom. The molecule has 0 bridgehead atoms. The van der Waals surface area contributed by atoms with Crippen molar-refractivity contribution in [2.24, 2.45) is 11.3 Å². The lowest BCUT2D eigenvalue weighted by atomic mass is 9.73. The molecule has 2 aliphatic heterocycles. The Kier molecular flexibility index (Phi) is 4.25. The molecule has 1 spiro atoms. The summed E-state index contributed by atoms with van der Waals surface area (Å²) in [5.41, 5.74) is 3.06. The summed E-state index contributed by atoms with van der Waals surface area (Å²) >= 11 is 0. The third kappa shape index (κ3) is 3.27. The molecule has 146 valence electrons. The number of aromatic nitrogens is 2. The fraction of sp³-hybridized carbons (Fsp3) is 0.762. The van der Waals surface area contributed by atoms with Crippen LogP contribution in [0.25, 0.3) is 0 Å². The van der Waals surface area contributed by atoms with Crippen LogP contribution in [0.3, 0.4) is 0 Å². The van der Waals surface area contributed by atoms with E-state index in [1.165, 1.54) is 19.3 Å². The first-order valence-electron chi connectivity index (χ1n) is 10.8. The Morgan fingerprint density at radius 2 is 1.96 bits per heavy atom. The van der Waals surface area contributed by atoms with Gasteiger partial charge in [0.25, 0.3) is 5.91 Å². The monoisotopic (exact) mass is 370 g/mol. The first-order valence-corrected chi connectivity index (χ1v) is 10.8. The molecular formula is C21H30N4O2. The number of nitrogens with zero attached hydrogens (tertiary/aromatic N) is 3. The first kappa shape index (κ1) is 17.3. The van der Waals surface area contributed by atoms with Crippen LogP contribution in [-0.2, 0) is 17.6 Å². The van der Waals surface area contributed by atoms with Gasteiger partial charge in [-0.3, -0.25) is 14.7 Å². The van der Waals surface area contributed by atoms with Crippen LogP contribution in [0.2, 0.25) is 0 Å². The minimum absolute atomic E-state index is 0.0904. The fourth-order valence-electron chi connectivity index (χ4n) is 5.40. The minimum Gasteiger partial charge on any atom is -0.342 e. The van der Waals surface area contributed by atoms with Gasteiger partial charge in [-0.05, 0) is 63.7 Å². The van der Waals surface area contributed by atoms with E-state index in [-0.39, 0.29) is 11.3 Å². The van der Waals surface area contributed by atoms with Gasteiger partial charge in [0.2, 0.25) is 5.91 Å². The number of amides is 2. The van der Waals surface area contributed by atoms with E-state index < -0.39 is 0 Å². The van der Waals surface area contributed by atoms with Crippen LogP contribution in [0.4, 0.5) is 0 Å². The molecule has 2 saturated heterocycles. The number of likely N-dealkylation sites (tertiary alicyclic amines) is 2. The van der Waals surface area contributed by atoms with Crippen molar-refractivity contribution in [3.8, 4) is 0 Å². The number of aromatic amines is 1. The lowest BCUT2D eigenvalue weighted by molar-refractivity contribution is -0.139. The van der Waals surface area contributed by atoms with Crippen molar-refractivity contribution >= 4 is 11.8 Å². The summed E-state index contributed by atoms with van der Waals surface area (Å²) in [7, 11) is 0. The third-order valence-corrected chi connectivity index (χ3v) is 7.13. The average Bonchev–Trinajstić information content (AvgIpc) is 3.40. The maximum atomic E-state index is 13.3. The van der Waals surface area contributed by atoms with Gasteiger partial charge < -0.3 is 9.80 Å². The van der Waals surface area contributed by atoms with Crippen LogP contribution < -0.4 is 0 Å². The largest absolute Gasteiger partial charge is 0.342 e. The highest BCUT2D eigenvalue weighted by Crippen LogP contribution is 2.41. The number of aryl methyl sites for hydroxylation is 1. The maximum Gasteiger partial charge on any atom is 0.274 e. The van der Waals surface area contributed by atoms with Crippen LogP contribution >= 0.6 is 0 Å². The number of rotatable bonds is 3. The molecule has 1 aromatic rings. The van der Waals surface area contributed by atoms with Crippen LogP contribution in [0, 0.1) is 11.3 Å². The molecule has 2 aliphatic carbocycles. The van der Waals surface area contributed by atoms with Gasteiger partial charge in [0.1, 0.15) is 0 Å². The zero-order valence-corrected chi connectivity index (χ0v) is 16.1. The summed E-state index contributed by atoms with van der Waals surface area (Å²) in [4.78, 5) is 29.8. The summed E-state index contributed by atoms with van der Waals surface area (Å²) in [5, 5.41) is 7.51. The molecule has 4 aliphatic rings. The van der Waals surface area contributed by atoms with Gasteiger partial charge in [0, 0.05) is 49.3 Å². The molecule has 6 nitrogen and oxygen atoms in total. The number of carbonyl (C=O) groups is 2. The predicted molar refractivity (Wildman–Crippen MR) is 101 cm³/mol. The zero-order chi connectivity index (χ0) is 18.4. The molecule has 3 heterocycles. The minimum atomic E-state index is 0.0904. The van der Waals surface area contributed by atoms with Gasteiger partial charge in [-0.25, -0.2) is 0 Å². The number of nitrogens with one attached hydrogen (secondary N) is 1. The molecule has 27 heavy (non-hydrogen) atoms. The van der Waals surface area contributed by atoms with Crippen molar-refractivity contribution < 1.29 is 9.59 Å². The summed E-state index contributed by atoms with van der Waals surface area (Å²) in [6, 6.07) is 0. The molecule has 6 heteroatoms. The standard InChI is InChI=1S/C21H30N4O2/c26-18-8-10-21(14-25(18)12-15-6-7-15)9-3-11-24(13-21)20(27)19-16-4-1-2-5-17(16)22-23-19/h15H,1-14H2,(H,22,23)/t21-/m1/s1. The van der Waals surface area contributed by atoms with Gasteiger partial charge in [-0.2, -0.15) is 5.10 Å². The van der Waals surface area contributed by atoms with Gasteiger partial charge in [-0.1, -0.05) is 0 Å². The van der Waals surface area contributed by atoms with Crippen molar-refractivity contribution in [2.45, 2.75) is 64.2 Å². The molecule has 1 atom stereocenters. The highest BCUT2D eigenvalue weighted by molar-refractivity contribution is 5.94. The van der Waals surface area contributed by atoms with E-state index in [0.717, 1.165) is 81.9 Å². The molecular weight excluding hydrogens is 340 g/mol. The van der Waals surface area contributed by atoms with Gasteiger partial charge in [-0.15, -0.1) is 0 Å². The molecule has 3 fully saturated rings. The van der Waals surface area contributed by atoms with E-state index in [4.69, 9.17) is 0 Å². The second-order valence-corrected chi connectivity index (χ2v) is 9.28. The molecule has 0 aromatic carbocycles. The van der Waals surface area contributed by atoms with E-state index >= 15 is 0 Å². The molecule has 1 aromatic heterocycles. The van der Waals surface area contributed by atoms with Crippen molar-refractivity contribution in [1.82, 2.24) is 20.0 Å². The molecule has 1 saturated carbocycles. The smallest absolute Gasteiger partial charge is 0.274 e. The van der Waals surface area contributed by atoms with Crippen molar-refractivity contribution in [2.75, 3.05) is 26.2 Å². The van der Waals surface area contributed by atoms with E-state index in [9.17, 15) is 9.59 Å². The Balaban J connectivity index is 1.32. The number of carbonyl (C=O) groups excluding carboxylic acids is 2. The second kappa shape index (κ2) is 6.64. The van der Waals surface area contributed by atoms with Crippen molar-refractivity contribution in [3.05, 3.63) is 17.0 Å². The number of fused-ring (bicyclic) bond motifs is 1. The van der Waals surface area contributed by atoms with Crippen LogP contribution in [0.1, 0.15) is 73.1 Å². The molecule has 1 N–H and O–H groups in total. The first-order chi connectivity index (χ1) is 13.1. The average molecular weight is 370 g/mol. The quantitative estimate of drug-likeness (QED) is 0.889. The van der Waals surface area contributed by atoms with Crippen LogP contribution in [-0.4, -0.2) is 58.0 Å². The Bertz CT molecular complexity index is 753. The number of piperidine rings is 2. The van der Waals surface area contributed by atoms with Crippen molar-refractivity contribution in [3.63, 3.8) is 0 Å². The van der Waals surface area contributed by atoms with Gasteiger partial charge >= 0.3 is 0 Å².